The van der Waals surface area contributed by atoms with Gasteiger partial charge in [0.05, 0.1) is 0 Å². The third kappa shape index (κ3) is 46.3. The van der Waals surface area contributed by atoms with E-state index in [1.165, 1.54) is 406 Å². The van der Waals surface area contributed by atoms with Crippen LogP contribution in [0.15, 0.2) is 35.4 Å². The first-order valence-electron chi connectivity index (χ1n) is 46.1. The summed E-state index contributed by atoms with van der Waals surface area (Å²) in [4.78, 5) is 3.09. The molecule has 2 aromatic rings. The fourth-order valence-electron chi connectivity index (χ4n) is 16.2. The molecule has 0 bridgehead atoms. The molecule has 2 nitrogen and oxygen atoms in total. The zero-order valence-electron chi connectivity index (χ0n) is 69.7. The molecule has 1 aliphatic rings. The standard InChI is InChI=1S/C69H118N2.2C14H29.Pd/c1-9-17-22-26-27-28-29-30-31-32-33-34-35-36-37-38-39-40-41-45-53-67-66(51-21-13-5)68(62-54-58(46-14-6)64(48-16-8)59(55-62)47-15-7)71(70)69(67)63-56-60(49-42-23-18-10-2)65(52-44-25-20-12-4)61(57-63)50-43-24-19-11-3;2*1-3-5-7-9-11-13-14-12-10-8-6-4-2;/h54-57H,9-53H2,1-8H3;2*1,3-14H2,2H3;. The predicted octanol–water partition coefficient (Wildman–Crippen LogP) is 34.8. The van der Waals surface area contributed by atoms with Crippen LogP contribution in [0.2, 0.25) is 9.79 Å². The number of allylic oxidation sites excluding steroid dienone is 2. The van der Waals surface area contributed by atoms with E-state index >= 15 is 0 Å². The summed E-state index contributed by atoms with van der Waals surface area (Å²) in [5.41, 5.74) is 30.3. The van der Waals surface area contributed by atoms with E-state index in [1.54, 1.807) is 36.7 Å². The Morgan fingerprint density at radius 1 is 0.210 bits per heavy atom. The number of aryl methyl sites for hydroxylation is 4. The van der Waals surface area contributed by atoms with Crippen LogP contribution in [0.5, 0.6) is 0 Å². The minimum absolute atomic E-state index is 1.03. The molecule has 0 saturated carbocycles. The summed E-state index contributed by atoms with van der Waals surface area (Å²) in [6.45, 7) is 23.3. The van der Waals surface area contributed by atoms with Gasteiger partial charge >= 0.3 is 169 Å². The number of hydrogen-bond acceptors (Lipinski definition) is 0. The van der Waals surface area contributed by atoms with Gasteiger partial charge in [-0.15, -0.1) is 0 Å². The second-order valence-corrected chi connectivity index (χ2v) is 34.3. The van der Waals surface area contributed by atoms with Crippen molar-refractivity contribution in [1.82, 2.24) is 0 Å². The van der Waals surface area contributed by atoms with Gasteiger partial charge in [0.2, 0.25) is 11.4 Å². The molecule has 0 radical (unpaired) electrons. The Bertz CT molecular complexity index is 2140. The van der Waals surface area contributed by atoms with Crippen molar-refractivity contribution >= 4 is 11.4 Å². The van der Waals surface area contributed by atoms with Crippen molar-refractivity contribution in [3.63, 3.8) is 0 Å². The van der Waals surface area contributed by atoms with Crippen LogP contribution in [0, 0.1) is 0 Å². The van der Waals surface area contributed by atoms with Crippen molar-refractivity contribution in [2.24, 2.45) is 0 Å². The Morgan fingerprint density at radius 3 is 0.700 bits per heavy atom. The van der Waals surface area contributed by atoms with E-state index in [9.17, 15) is 5.53 Å². The molecule has 1 aliphatic heterocycles. The first-order valence-corrected chi connectivity index (χ1v) is 48.3. The molecule has 2 aromatic carbocycles. The Balaban J connectivity index is 0.000000980. The van der Waals surface area contributed by atoms with Gasteiger partial charge in [-0.05, 0) is 141 Å². The van der Waals surface area contributed by atoms with Crippen LogP contribution in [0.1, 0.15) is 518 Å². The average molecular weight is 1480 g/mol. The van der Waals surface area contributed by atoms with E-state index in [2.05, 4.69) is 93.5 Å². The van der Waals surface area contributed by atoms with Gasteiger partial charge in [0.25, 0.3) is 0 Å². The summed E-state index contributed by atoms with van der Waals surface area (Å²) in [5, 5.41) is 0. The molecular weight excluding hydrogens is 1300 g/mol. The fourth-order valence-corrected chi connectivity index (χ4v) is 18.1. The van der Waals surface area contributed by atoms with E-state index in [1.807, 2.05) is 0 Å². The molecule has 584 valence electrons. The van der Waals surface area contributed by atoms with Crippen molar-refractivity contribution in [3.8, 4) is 0 Å². The van der Waals surface area contributed by atoms with E-state index in [0.717, 1.165) is 100 Å². The predicted molar refractivity (Wildman–Crippen MR) is 450 cm³/mol. The topological polar surface area (TPSA) is 25.3 Å². The van der Waals surface area contributed by atoms with Crippen LogP contribution >= 0.6 is 0 Å². The number of benzene rings is 2. The molecule has 0 unspecified atom stereocenters. The molecule has 3 heteroatoms. The smallest absolute Gasteiger partial charge is 0.0654 e. The normalized spacial score (nSPS) is 12.6. The molecule has 0 saturated heterocycles. The average Bonchev–Trinajstić information content (AvgIpc) is 1.59. The van der Waals surface area contributed by atoms with E-state index < -0.39 is 0 Å². The first-order chi connectivity index (χ1) is 49.3. The van der Waals surface area contributed by atoms with Crippen LogP contribution in [-0.4, -0.2) is 4.70 Å². The van der Waals surface area contributed by atoms with Crippen molar-refractivity contribution in [1.29, 1.82) is 0 Å². The SMILES string of the molecule is CCCCCCCCCCCCCCCCCCCCCCC1=C(c2cc(CCCCCC)c(CCCCCC)c(CCCCCC)c2)[N+](=[N-])C(c2cc(CCC)c(CCC)c(CCC)c2)=C1CCCC.CCCCCCCCCCCCC[CH2][Pd][CH2]CCCCCCCCCCCCC. The molecule has 0 aromatic heterocycles. The van der Waals surface area contributed by atoms with Crippen molar-refractivity contribution in [2.45, 2.75) is 522 Å². The van der Waals surface area contributed by atoms with Crippen LogP contribution < -0.4 is 0 Å². The van der Waals surface area contributed by atoms with Gasteiger partial charge in [0.1, 0.15) is 0 Å². The van der Waals surface area contributed by atoms with Crippen molar-refractivity contribution < 1.29 is 22.7 Å². The van der Waals surface area contributed by atoms with E-state index in [-0.39, 0.29) is 0 Å². The summed E-state index contributed by atoms with van der Waals surface area (Å²) in [6.07, 6.45) is 94.1. The van der Waals surface area contributed by atoms with Gasteiger partial charge in [-0.3, -0.25) is 0 Å². The summed E-state index contributed by atoms with van der Waals surface area (Å²) < 4.78 is 1.76. The first kappa shape index (κ1) is 94.3. The Kier molecular flexibility index (Phi) is 66.2. The molecule has 100 heavy (non-hydrogen) atoms. The van der Waals surface area contributed by atoms with Crippen LogP contribution in [0.4, 0.5) is 0 Å². The molecule has 0 spiro atoms. The second-order valence-electron chi connectivity index (χ2n) is 32.0. The molecule has 0 atom stereocenters. The van der Waals surface area contributed by atoms with Gasteiger partial charge in [0.15, 0.2) is 0 Å². The zero-order chi connectivity index (χ0) is 72.2. The van der Waals surface area contributed by atoms with E-state index in [4.69, 9.17) is 0 Å². The zero-order valence-corrected chi connectivity index (χ0v) is 71.3. The summed E-state index contributed by atoms with van der Waals surface area (Å²) in [6, 6.07) is 10.2. The Hall–Kier alpha value is -1.82. The minimum atomic E-state index is 1.03. The molecule has 3 rings (SSSR count). The maximum atomic E-state index is 13.1. The molecule has 0 amide bonds. The minimum Gasteiger partial charge on any atom is -0.0654 e. The van der Waals surface area contributed by atoms with Crippen molar-refractivity contribution in [3.05, 3.63) is 85.5 Å². The van der Waals surface area contributed by atoms with Crippen molar-refractivity contribution in [2.75, 3.05) is 0 Å². The number of unbranched alkanes of at least 4 members (excludes halogenated alkanes) is 51. The van der Waals surface area contributed by atoms with Crippen LogP contribution in [0.3, 0.4) is 0 Å². The van der Waals surface area contributed by atoms with Gasteiger partial charge in [-0.1, -0.05) is 288 Å². The molecule has 0 aliphatic carbocycles. The molecule has 0 N–H and O–H groups in total. The van der Waals surface area contributed by atoms with Crippen LogP contribution in [0.25, 0.3) is 16.9 Å². The summed E-state index contributed by atoms with van der Waals surface area (Å²) in [7, 11) is 0. The van der Waals surface area contributed by atoms with Gasteiger partial charge < -0.3 is 5.53 Å². The monoisotopic (exact) mass is 1480 g/mol. The molecular formula is C97H176N2Pd. The Morgan fingerprint density at radius 2 is 0.420 bits per heavy atom. The van der Waals surface area contributed by atoms with Gasteiger partial charge in [-0.25, -0.2) is 4.70 Å². The van der Waals surface area contributed by atoms with Gasteiger partial charge in [-0.2, -0.15) is 0 Å². The van der Waals surface area contributed by atoms with Crippen LogP contribution in [-0.2, 0) is 56.5 Å². The van der Waals surface area contributed by atoms with E-state index in [0.29, 0.717) is 0 Å². The quantitative estimate of drug-likeness (QED) is 0.0358. The molecule has 0 fully saturated rings. The third-order valence-electron chi connectivity index (χ3n) is 22.4. The van der Waals surface area contributed by atoms with Gasteiger partial charge in [0, 0.05) is 22.3 Å². The number of hydrogen-bond donors (Lipinski definition) is 0. The molecule has 1 heterocycles. The number of rotatable bonds is 73. The summed E-state index contributed by atoms with van der Waals surface area (Å²) >= 11 is 1.06. The summed E-state index contributed by atoms with van der Waals surface area (Å²) in [5.74, 6) is 0. The third-order valence-corrected chi connectivity index (χ3v) is 24.6. The maximum absolute atomic E-state index is 13.1. The fraction of sp³-hybridized carbons (Fsp3) is 0.835. The Labute approximate surface area is 637 Å². The second kappa shape index (κ2) is 70.2. The number of nitrogens with zero attached hydrogens (tertiary/aromatic N) is 2.